The minimum absolute atomic E-state index is 0.00708. The van der Waals surface area contributed by atoms with Gasteiger partial charge in [-0.05, 0) is 56.4 Å². The van der Waals surface area contributed by atoms with Crippen LogP contribution in [0.4, 0.5) is 10.1 Å². The summed E-state index contributed by atoms with van der Waals surface area (Å²) < 4.78 is 40.8. The summed E-state index contributed by atoms with van der Waals surface area (Å²) in [6, 6.07) is 10.8. The number of nitrogens with one attached hydrogen (secondary N) is 1. The Hall–Kier alpha value is -2.94. The largest absolute Gasteiger partial charge is 0.354 e. The van der Waals surface area contributed by atoms with Crippen molar-refractivity contribution in [3.05, 3.63) is 65.0 Å². The molecule has 198 valence electrons. The van der Waals surface area contributed by atoms with Crippen molar-refractivity contribution in [2.45, 2.75) is 60.0 Å². The molecule has 1 N–H and O–H groups in total. The highest BCUT2D eigenvalue weighted by atomic mass is 32.2. The molecule has 7 nitrogen and oxygen atoms in total. The van der Waals surface area contributed by atoms with Crippen molar-refractivity contribution in [1.29, 1.82) is 0 Å². The standard InChI is InChI=1S/C27H38FN3O4S/c1-19(2)17-29-27(33)22(5)30(18-23-12-7-8-13-24(23)28)26(32)15-10-16-31(36(6,34)35)25-14-9-11-20(3)21(25)4/h7-9,11-14,19,22H,10,15-18H2,1-6H3,(H,29,33)/t22-/m1/s1. The average molecular weight is 520 g/mol. The van der Waals surface area contributed by atoms with Crippen LogP contribution in [0.25, 0.3) is 0 Å². The van der Waals surface area contributed by atoms with Crippen molar-refractivity contribution in [1.82, 2.24) is 10.2 Å². The zero-order valence-electron chi connectivity index (χ0n) is 22.0. The van der Waals surface area contributed by atoms with Crippen LogP contribution >= 0.6 is 0 Å². The van der Waals surface area contributed by atoms with Crippen LogP contribution in [0, 0.1) is 25.6 Å². The molecule has 1 atom stereocenters. The molecule has 0 aliphatic rings. The summed E-state index contributed by atoms with van der Waals surface area (Å²) in [7, 11) is -3.58. The molecule has 0 aliphatic carbocycles. The Morgan fingerprint density at radius 3 is 2.31 bits per heavy atom. The minimum atomic E-state index is -3.58. The lowest BCUT2D eigenvalue weighted by molar-refractivity contribution is -0.140. The van der Waals surface area contributed by atoms with Gasteiger partial charge in [0.2, 0.25) is 21.8 Å². The molecule has 0 saturated carbocycles. The second-order valence-corrected chi connectivity index (χ2v) is 11.5. The summed E-state index contributed by atoms with van der Waals surface area (Å²) >= 11 is 0. The van der Waals surface area contributed by atoms with Crippen LogP contribution < -0.4 is 9.62 Å². The predicted molar refractivity (Wildman–Crippen MR) is 142 cm³/mol. The van der Waals surface area contributed by atoms with Gasteiger partial charge in [-0.3, -0.25) is 13.9 Å². The topological polar surface area (TPSA) is 86.8 Å². The van der Waals surface area contributed by atoms with Gasteiger partial charge in [0.1, 0.15) is 11.9 Å². The van der Waals surface area contributed by atoms with E-state index in [4.69, 9.17) is 0 Å². The summed E-state index contributed by atoms with van der Waals surface area (Å²) in [5.41, 5.74) is 2.71. The third kappa shape index (κ3) is 8.05. The van der Waals surface area contributed by atoms with Crippen molar-refractivity contribution in [3.8, 4) is 0 Å². The molecule has 0 spiro atoms. The maximum absolute atomic E-state index is 14.4. The molecule has 2 amide bonds. The molecule has 2 rings (SSSR count). The van der Waals surface area contributed by atoms with E-state index in [-0.39, 0.29) is 43.7 Å². The third-order valence-electron chi connectivity index (χ3n) is 6.15. The van der Waals surface area contributed by atoms with Crippen molar-refractivity contribution in [2.75, 3.05) is 23.7 Å². The first-order valence-corrected chi connectivity index (χ1v) is 14.0. The van der Waals surface area contributed by atoms with E-state index in [1.807, 2.05) is 33.8 Å². The SMILES string of the molecule is Cc1cccc(N(CCCC(=O)N(Cc2ccccc2F)[C@H](C)C(=O)NCC(C)C)S(C)(=O)=O)c1C. The number of sulfonamides is 1. The monoisotopic (exact) mass is 519 g/mol. The van der Waals surface area contributed by atoms with Gasteiger partial charge >= 0.3 is 0 Å². The Bertz CT molecular complexity index is 1170. The number of nitrogens with zero attached hydrogens (tertiary/aromatic N) is 2. The lowest BCUT2D eigenvalue weighted by atomic mass is 10.1. The van der Waals surface area contributed by atoms with E-state index >= 15 is 0 Å². The van der Waals surface area contributed by atoms with Crippen LogP contribution in [-0.4, -0.2) is 50.5 Å². The Balaban J connectivity index is 2.21. The summed E-state index contributed by atoms with van der Waals surface area (Å²) in [4.78, 5) is 27.4. The van der Waals surface area contributed by atoms with Gasteiger partial charge in [-0.2, -0.15) is 0 Å². The number of carbonyl (C=O) groups is 2. The number of carbonyl (C=O) groups excluding carboxylic acids is 2. The van der Waals surface area contributed by atoms with Crippen LogP contribution in [0.2, 0.25) is 0 Å². The Labute approximate surface area is 214 Å². The van der Waals surface area contributed by atoms with Gasteiger partial charge in [-0.1, -0.05) is 44.2 Å². The van der Waals surface area contributed by atoms with Gasteiger partial charge in [0.25, 0.3) is 0 Å². The van der Waals surface area contributed by atoms with Crippen LogP contribution in [0.1, 0.15) is 50.3 Å². The molecular formula is C27H38FN3O4S. The highest BCUT2D eigenvalue weighted by Crippen LogP contribution is 2.25. The molecule has 0 bridgehead atoms. The van der Waals surface area contributed by atoms with Crippen LogP contribution in [0.5, 0.6) is 0 Å². The Kier molecular flexibility index (Phi) is 10.5. The highest BCUT2D eigenvalue weighted by Gasteiger charge is 2.27. The number of anilines is 1. The lowest BCUT2D eigenvalue weighted by Gasteiger charge is -2.30. The molecule has 9 heteroatoms. The van der Waals surface area contributed by atoms with E-state index in [9.17, 15) is 22.4 Å². The summed E-state index contributed by atoms with van der Waals surface area (Å²) in [5, 5.41) is 2.83. The number of hydrogen-bond acceptors (Lipinski definition) is 4. The zero-order valence-corrected chi connectivity index (χ0v) is 22.9. The normalized spacial score (nSPS) is 12.3. The maximum atomic E-state index is 14.4. The number of amides is 2. The second kappa shape index (κ2) is 12.9. The summed E-state index contributed by atoms with van der Waals surface area (Å²) in [5.74, 6) is -0.881. The van der Waals surface area contributed by atoms with Gasteiger partial charge in [0.05, 0.1) is 11.9 Å². The van der Waals surface area contributed by atoms with Gasteiger partial charge in [0, 0.05) is 31.6 Å². The molecule has 0 aromatic heterocycles. The fourth-order valence-corrected chi connectivity index (χ4v) is 4.85. The van der Waals surface area contributed by atoms with E-state index in [1.54, 1.807) is 37.3 Å². The molecule has 0 heterocycles. The first-order valence-electron chi connectivity index (χ1n) is 12.2. The van der Waals surface area contributed by atoms with Crippen LogP contribution in [0.3, 0.4) is 0 Å². The smallest absolute Gasteiger partial charge is 0.242 e. The molecule has 0 aliphatic heterocycles. The van der Waals surface area contributed by atoms with Gasteiger partial charge in [0.15, 0.2) is 0 Å². The molecule has 2 aromatic carbocycles. The van der Waals surface area contributed by atoms with Crippen molar-refractivity contribution in [2.24, 2.45) is 5.92 Å². The first-order chi connectivity index (χ1) is 16.8. The fourth-order valence-electron chi connectivity index (χ4n) is 3.83. The lowest BCUT2D eigenvalue weighted by Crippen LogP contribution is -2.48. The fraction of sp³-hybridized carbons (Fsp3) is 0.481. The van der Waals surface area contributed by atoms with E-state index in [1.165, 1.54) is 15.3 Å². The van der Waals surface area contributed by atoms with Crippen molar-refractivity contribution in [3.63, 3.8) is 0 Å². The molecule has 2 aromatic rings. The number of benzene rings is 2. The Morgan fingerprint density at radius 1 is 1.03 bits per heavy atom. The summed E-state index contributed by atoms with van der Waals surface area (Å²) in [6.07, 6.45) is 1.39. The summed E-state index contributed by atoms with van der Waals surface area (Å²) in [6.45, 7) is 9.84. The molecular weight excluding hydrogens is 481 g/mol. The Morgan fingerprint density at radius 2 is 1.69 bits per heavy atom. The van der Waals surface area contributed by atoms with Crippen LogP contribution in [0.15, 0.2) is 42.5 Å². The van der Waals surface area contributed by atoms with Gasteiger partial charge in [-0.25, -0.2) is 12.8 Å². The molecule has 0 fully saturated rings. The molecule has 0 radical (unpaired) electrons. The predicted octanol–water partition coefficient (Wildman–Crippen LogP) is 4.18. The number of aryl methyl sites for hydroxylation is 1. The van der Waals surface area contributed by atoms with Gasteiger partial charge < -0.3 is 10.2 Å². The molecule has 0 unspecified atom stereocenters. The molecule has 36 heavy (non-hydrogen) atoms. The quantitative estimate of drug-likeness (QED) is 0.456. The van der Waals surface area contributed by atoms with E-state index in [0.717, 1.165) is 17.4 Å². The molecule has 0 saturated heterocycles. The zero-order chi connectivity index (χ0) is 27.0. The number of rotatable bonds is 12. The van der Waals surface area contributed by atoms with E-state index < -0.39 is 21.9 Å². The minimum Gasteiger partial charge on any atom is -0.354 e. The average Bonchev–Trinajstić information content (AvgIpc) is 2.80. The third-order valence-corrected chi connectivity index (χ3v) is 7.33. The van der Waals surface area contributed by atoms with Crippen LogP contribution in [-0.2, 0) is 26.2 Å². The number of halogens is 1. The van der Waals surface area contributed by atoms with Crippen molar-refractivity contribution >= 4 is 27.5 Å². The second-order valence-electron chi connectivity index (χ2n) is 9.59. The first kappa shape index (κ1) is 29.3. The van der Waals surface area contributed by atoms with Crippen molar-refractivity contribution < 1.29 is 22.4 Å². The highest BCUT2D eigenvalue weighted by molar-refractivity contribution is 7.92. The maximum Gasteiger partial charge on any atom is 0.242 e. The van der Waals surface area contributed by atoms with E-state index in [0.29, 0.717) is 17.8 Å². The number of hydrogen-bond donors (Lipinski definition) is 1. The van der Waals surface area contributed by atoms with Gasteiger partial charge in [-0.15, -0.1) is 0 Å². The van der Waals surface area contributed by atoms with E-state index in [2.05, 4.69) is 5.32 Å².